The number of para-hydroxylation sites is 1. The van der Waals surface area contributed by atoms with Gasteiger partial charge in [0, 0.05) is 23.9 Å². The lowest BCUT2D eigenvalue weighted by Crippen LogP contribution is -2.27. The van der Waals surface area contributed by atoms with E-state index in [-0.39, 0.29) is 0 Å². The molecule has 1 unspecified atom stereocenters. The van der Waals surface area contributed by atoms with Crippen molar-refractivity contribution in [3.8, 4) is 5.75 Å². The van der Waals surface area contributed by atoms with E-state index >= 15 is 0 Å². The van der Waals surface area contributed by atoms with Crippen LogP contribution in [0.15, 0.2) is 24.3 Å². The van der Waals surface area contributed by atoms with Gasteiger partial charge in [0.05, 0.1) is 0 Å². The van der Waals surface area contributed by atoms with Gasteiger partial charge in [0.15, 0.2) is 0 Å². The molecule has 1 atom stereocenters. The van der Waals surface area contributed by atoms with Crippen LogP contribution in [0.2, 0.25) is 0 Å². The monoisotopic (exact) mass is 225 g/mol. The summed E-state index contributed by atoms with van der Waals surface area (Å²) in [5.41, 5.74) is 0.964. The zero-order valence-electron chi connectivity index (χ0n) is 9.36. The Hall–Kier alpha value is -0.670. The number of phenols is 1. The van der Waals surface area contributed by atoms with E-state index in [4.69, 9.17) is 0 Å². The third-order valence-corrected chi connectivity index (χ3v) is 3.35. The fourth-order valence-electron chi connectivity index (χ4n) is 1.30. The lowest BCUT2D eigenvalue weighted by atomic mass is 10.2. The number of nitrogens with one attached hydrogen (secondary N) is 1. The first-order valence-corrected chi connectivity index (χ1v) is 6.47. The minimum Gasteiger partial charge on any atom is -0.508 e. The number of hydrogen-bond donors (Lipinski definition) is 2. The van der Waals surface area contributed by atoms with E-state index in [9.17, 15) is 5.11 Å². The van der Waals surface area contributed by atoms with Crippen LogP contribution < -0.4 is 5.32 Å². The van der Waals surface area contributed by atoms with Gasteiger partial charge in [0.25, 0.3) is 0 Å². The molecule has 1 aromatic rings. The van der Waals surface area contributed by atoms with Gasteiger partial charge in [0.1, 0.15) is 5.75 Å². The second-order valence-corrected chi connectivity index (χ2v) is 4.89. The van der Waals surface area contributed by atoms with Crippen molar-refractivity contribution in [3.05, 3.63) is 29.8 Å². The Morgan fingerprint density at radius 2 is 2.13 bits per heavy atom. The van der Waals surface area contributed by atoms with Crippen LogP contribution in [0, 0.1) is 0 Å². The third kappa shape index (κ3) is 4.58. The topological polar surface area (TPSA) is 32.3 Å². The predicted molar refractivity (Wildman–Crippen MR) is 67.4 cm³/mol. The van der Waals surface area contributed by atoms with Gasteiger partial charge in [-0.05, 0) is 18.7 Å². The molecule has 1 rings (SSSR count). The van der Waals surface area contributed by atoms with Crippen molar-refractivity contribution in [1.29, 1.82) is 0 Å². The lowest BCUT2D eigenvalue weighted by molar-refractivity contribution is 0.461. The highest BCUT2D eigenvalue weighted by molar-refractivity contribution is 7.99. The van der Waals surface area contributed by atoms with Crippen molar-refractivity contribution in [2.75, 3.05) is 11.5 Å². The van der Waals surface area contributed by atoms with E-state index < -0.39 is 0 Å². The van der Waals surface area contributed by atoms with Crippen molar-refractivity contribution >= 4 is 11.8 Å². The number of thioether (sulfide) groups is 1. The minimum absolute atomic E-state index is 0.375. The maximum Gasteiger partial charge on any atom is 0.120 e. The van der Waals surface area contributed by atoms with Crippen LogP contribution in [0.4, 0.5) is 0 Å². The molecule has 0 saturated carbocycles. The first-order valence-electron chi connectivity index (χ1n) is 5.32. The quantitative estimate of drug-likeness (QED) is 0.780. The number of rotatable bonds is 6. The Morgan fingerprint density at radius 3 is 2.80 bits per heavy atom. The lowest BCUT2D eigenvalue weighted by Gasteiger charge is -2.13. The van der Waals surface area contributed by atoms with Crippen molar-refractivity contribution in [2.45, 2.75) is 26.4 Å². The average molecular weight is 225 g/mol. The maximum absolute atomic E-state index is 9.55. The van der Waals surface area contributed by atoms with Crippen LogP contribution in [0.5, 0.6) is 5.75 Å². The summed E-state index contributed by atoms with van der Waals surface area (Å²) in [6, 6.07) is 7.94. The molecular weight excluding hydrogens is 206 g/mol. The predicted octanol–water partition coefficient (Wildman–Crippen LogP) is 2.62. The number of aromatic hydroxyl groups is 1. The second-order valence-electron chi connectivity index (χ2n) is 3.57. The van der Waals surface area contributed by atoms with Crippen molar-refractivity contribution in [3.63, 3.8) is 0 Å². The molecule has 0 amide bonds. The van der Waals surface area contributed by atoms with Gasteiger partial charge in [0.2, 0.25) is 0 Å². The minimum atomic E-state index is 0.375. The summed E-state index contributed by atoms with van der Waals surface area (Å²) in [6.07, 6.45) is 0. The van der Waals surface area contributed by atoms with E-state index in [1.807, 2.05) is 30.0 Å². The Balaban J connectivity index is 2.33. The summed E-state index contributed by atoms with van der Waals surface area (Å²) in [5.74, 6) is 2.65. The molecule has 1 aromatic carbocycles. The van der Waals surface area contributed by atoms with Crippen LogP contribution in [-0.4, -0.2) is 22.7 Å². The molecule has 0 fully saturated rings. The number of phenolic OH excluding ortho intramolecular Hbond substituents is 1. The average Bonchev–Trinajstić information content (AvgIpc) is 2.25. The number of benzene rings is 1. The fourth-order valence-corrected chi connectivity index (χ4v) is 2.01. The van der Waals surface area contributed by atoms with Crippen molar-refractivity contribution < 1.29 is 5.11 Å². The SMILES string of the molecule is CCSCC(C)NCc1ccccc1O. The fraction of sp³-hybridized carbons (Fsp3) is 0.500. The largest absolute Gasteiger partial charge is 0.508 e. The molecule has 2 N–H and O–H groups in total. The smallest absolute Gasteiger partial charge is 0.120 e. The molecular formula is C12H19NOS. The molecule has 0 bridgehead atoms. The van der Waals surface area contributed by atoms with Gasteiger partial charge in [-0.15, -0.1) is 0 Å². The van der Waals surface area contributed by atoms with Crippen LogP contribution in [0.25, 0.3) is 0 Å². The van der Waals surface area contributed by atoms with Gasteiger partial charge < -0.3 is 10.4 Å². The molecule has 0 saturated heterocycles. The standard InChI is InChI=1S/C12H19NOS/c1-3-15-9-10(2)13-8-11-6-4-5-7-12(11)14/h4-7,10,13-14H,3,8-9H2,1-2H3. The van der Waals surface area contributed by atoms with Gasteiger partial charge in [-0.25, -0.2) is 0 Å². The molecule has 0 aliphatic carbocycles. The Kier molecular flexibility index (Phi) is 5.58. The molecule has 0 radical (unpaired) electrons. The second kappa shape index (κ2) is 6.75. The van der Waals surface area contributed by atoms with E-state index in [0.717, 1.165) is 23.6 Å². The van der Waals surface area contributed by atoms with Gasteiger partial charge >= 0.3 is 0 Å². The molecule has 2 nitrogen and oxygen atoms in total. The van der Waals surface area contributed by atoms with Crippen LogP contribution in [-0.2, 0) is 6.54 Å². The Bertz CT molecular complexity index is 291. The van der Waals surface area contributed by atoms with Gasteiger partial charge in [-0.3, -0.25) is 0 Å². The number of hydrogen-bond acceptors (Lipinski definition) is 3. The normalized spacial score (nSPS) is 12.7. The van der Waals surface area contributed by atoms with E-state index in [1.54, 1.807) is 6.07 Å². The van der Waals surface area contributed by atoms with Gasteiger partial charge in [-0.1, -0.05) is 25.1 Å². The van der Waals surface area contributed by atoms with Crippen molar-refractivity contribution in [1.82, 2.24) is 5.32 Å². The van der Waals surface area contributed by atoms with Crippen LogP contribution in [0.1, 0.15) is 19.4 Å². The Morgan fingerprint density at radius 1 is 1.40 bits per heavy atom. The first kappa shape index (κ1) is 12.4. The highest BCUT2D eigenvalue weighted by Gasteiger charge is 2.03. The van der Waals surface area contributed by atoms with E-state index in [2.05, 4.69) is 19.2 Å². The van der Waals surface area contributed by atoms with E-state index in [0.29, 0.717) is 11.8 Å². The zero-order valence-corrected chi connectivity index (χ0v) is 10.2. The molecule has 0 aromatic heterocycles. The molecule has 3 heteroatoms. The molecule has 84 valence electrons. The van der Waals surface area contributed by atoms with Crippen LogP contribution >= 0.6 is 11.8 Å². The highest BCUT2D eigenvalue weighted by atomic mass is 32.2. The molecule has 0 aliphatic rings. The van der Waals surface area contributed by atoms with Gasteiger partial charge in [-0.2, -0.15) is 11.8 Å². The summed E-state index contributed by atoms with van der Waals surface area (Å²) in [6.45, 7) is 5.07. The van der Waals surface area contributed by atoms with Crippen LogP contribution in [0.3, 0.4) is 0 Å². The summed E-state index contributed by atoms with van der Waals surface area (Å²) >= 11 is 1.93. The summed E-state index contributed by atoms with van der Waals surface area (Å²) in [5, 5.41) is 12.9. The summed E-state index contributed by atoms with van der Waals surface area (Å²) < 4.78 is 0. The maximum atomic E-state index is 9.55. The van der Waals surface area contributed by atoms with Crippen molar-refractivity contribution in [2.24, 2.45) is 0 Å². The molecule has 15 heavy (non-hydrogen) atoms. The first-order chi connectivity index (χ1) is 7.24. The summed E-state index contributed by atoms with van der Waals surface area (Å²) in [7, 11) is 0. The Labute approximate surface area is 96.1 Å². The highest BCUT2D eigenvalue weighted by Crippen LogP contribution is 2.15. The molecule has 0 heterocycles. The third-order valence-electron chi connectivity index (χ3n) is 2.20. The molecule has 0 aliphatic heterocycles. The zero-order chi connectivity index (χ0) is 11.1. The van der Waals surface area contributed by atoms with E-state index in [1.165, 1.54) is 0 Å². The summed E-state index contributed by atoms with van der Waals surface area (Å²) in [4.78, 5) is 0. The molecule has 0 spiro atoms.